The van der Waals surface area contributed by atoms with E-state index >= 15 is 0 Å². The van der Waals surface area contributed by atoms with Gasteiger partial charge in [-0.25, -0.2) is 4.39 Å². The first-order valence-corrected chi connectivity index (χ1v) is 7.82. The lowest BCUT2D eigenvalue weighted by molar-refractivity contribution is 0.250. The summed E-state index contributed by atoms with van der Waals surface area (Å²) in [6.07, 6.45) is 4.82. The van der Waals surface area contributed by atoms with Crippen molar-refractivity contribution >= 4 is 0 Å². The third-order valence-corrected chi connectivity index (χ3v) is 3.81. The van der Waals surface area contributed by atoms with E-state index in [9.17, 15) is 4.39 Å². The fourth-order valence-electron chi connectivity index (χ4n) is 2.33. The molecule has 0 radical (unpaired) electrons. The number of unbranched alkanes of at least 4 members (excludes halogenated alkanes) is 2. The van der Waals surface area contributed by atoms with E-state index in [4.69, 9.17) is 0 Å². The summed E-state index contributed by atoms with van der Waals surface area (Å²) in [4.78, 5) is 2.23. The summed E-state index contributed by atoms with van der Waals surface area (Å²) in [6.45, 7) is 7.50. The van der Waals surface area contributed by atoms with Crippen LogP contribution in [0, 0.1) is 5.82 Å². The summed E-state index contributed by atoms with van der Waals surface area (Å²) in [5.74, 6) is -0.101. The molecule has 20 heavy (non-hydrogen) atoms. The van der Waals surface area contributed by atoms with Crippen LogP contribution in [0.5, 0.6) is 0 Å². The van der Waals surface area contributed by atoms with Gasteiger partial charge in [0.2, 0.25) is 0 Å². The Morgan fingerprint density at radius 2 is 1.90 bits per heavy atom. The van der Waals surface area contributed by atoms with Crippen LogP contribution in [0.1, 0.15) is 51.1 Å². The average Bonchev–Trinajstić information content (AvgIpc) is 2.46. The molecule has 1 aromatic carbocycles. The summed E-state index contributed by atoms with van der Waals surface area (Å²) in [6, 6.07) is 7.20. The predicted molar refractivity (Wildman–Crippen MR) is 84.5 cm³/mol. The predicted octanol–water partition coefficient (Wildman–Crippen LogP) is 3.99. The van der Waals surface area contributed by atoms with Gasteiger partial charge in [-0.15, -0.1) is 0 Å². The van der Waals surface area contributed by atoms with Crippen LogP contribution in [0.2, 0.25) is 0 Å². The van der Waals surface area contributed by atoms with E-state index in [0.29, 0.717) is 0 Å². The van der Waals surface area contributed by atoms with Crippen LogP contribution in [-0.4, -0.2) is 31.6 Å². The minimum Gasteiger partial charge on any atom is -0.317 e. The topological polar surface area (TPSA) is 15.3 Å². The molecule has 0 aliphatic heterocycles. The standard InChI is InChI=1S/C17H29FN2/c1-4-12-19-13-8-5-9-14-20(3)15(2)16-10-6-7-11-17(16)18/h6-7,10-11,15,19H,4-5,8-9,12-14H2,1-3H3. The van der Waals surface area contributed by atoms with E-state index in [2.05, 4.69) is 31.1 Å². The molecule has 0 aromatic heterocycles. The molecule has 0 saturated carbocycles. The highest BCUT2D eigenvalue weighted by molar-refractivity contribution is 5.20. The Labute approximate surface area is 123 Å². The fraction of sp³-hybridized carbons (Fsp3) is 0.647. The van der Waals surface area contributed by atoms with E-state index in [-0.39, 0.29) is 11.9 Å². The molecule has 1 N–H and O–H groups in total. The molecule has 0 heterocycles. The zero-order valence-corrected chi connectivity index (χ0v) is 13.2. The molecule has 114 valence electrons. The van der Waals surface area contributed by atoms with Crippen molar-refractivity contribution < 1.29 is 4.39 Å². The van der Waals surface area contributed by atoms with Gasteiger partial charge in [-0.3, -0.25) is 4.90 Å². The maximum atomic E-state index is 13.7. The Hall–Kier alpha value is -0.930. The Morgan fingerprint density at radius 1 is 1.15 bits per heavy atom. The number of nitrogens with zero attached hydrogens (tertiary/aromatic N) is 1. The molecule has 0 bridgehead atoms. The van der Waals surface area contributed by atoms with Crippen LogP contribution in [0.4, 0.5) is 4.39 Å². The number of hydrogen-bond acceptors (Lipinski definition) is 2. The smallest absolute Gasteiger partial charge is 0.127 e. The molecule has 0 aliphatic carbocycles. The molecule has 1 rings (SSSR count). The third kappa shape index (κ3) is 6.02. The molecule has 0 fully saturated rings. The van der Waals surface area contributed by atoms with Gasteiger partial charge in [0.15, 0.2) is 0 Å². The van der Waals surface area contributed by atoms with Crippen molar-refractivity contribution in [3.8, 4) is 0 Å². The maximum absolute atomic E-state index is 13.7. The minimum atomic E-state index is -0.101. The van der Waals surface area contributed by atoms with Gasteiger partial charge >= 0.3 is 0 Å². The lowest BCUT2D eigenvalue weighted by Gasteiger charge is -2.25. The van der Waals surface area contributed by atoms with Gasteiger partial charge in [-0.2, -0.15) is 0 Å². The maximum Gasteiger partial charge on any atom is 0.127 e. The van der Waals surface area contributed by atoms with Crippen molar-refractivity contribution in [3.05, 3.63) is 35.6 Å². The molecule has 3 heteroatoms. The molecule has 0 spiro atoms. The molecule has 1 unspecified atom stereocenters. The Morgan fingerprint density at radius 3 is 2.60 bits per heavy atom. The zero-order valence-electron chi connectivity index (χ0n) is 13.2. The molecular formula is C17H29FN2. The van der Waals surface area contributed by atoms with E-state index in [1.807, 2.05) is 12.1 Å². The van der Waals surface area contributed by atoms with Crippen molar-refractivity contribution in [1.82, 2.24) is 10.2 Å². The summed E-state index contributed by atoms with van der Waals surface area (Å²) in [5.41, 5.74) is 0.791. The number of nitrogens with one attached hydrogen (secondary N) is 1. The minimum absolute atomic E-state index is 0.101. The van der Waals surface area contributed by atoms with Crippen molar-refractivity contribution in [1.29, 1.82) is 0 Å². The summed E-state index contributed by atoms with van der Waals surface area (Å²) in [5, 5.41) is 3.42. The van der Waals surface area contributed by atoms with Crippen molar-refractivity contribution in [2.75, 3.05) is 26.7 Å². The van der Waals surface area contributed by atoms with Crippen LogP contribution in [0.25, 0.3) is 0 Å². The third-order valence-electron chi connectivity index (χ3n) is 3.81. The number of rotatable bonds is 10. The van der Waals surface area contributed by atoms with Gasteiger partial charge in [-0.05, 0) is 58.9 Å². The molecule has 0 saturated heterocycles. The number of benzene rings is 1. The first-order valence-electron chi connectivity index (χ1n) is 7.82. The summed E-state index contributed by atoms with van der Waals surface area (Å²) in [7, 11) is 2.08. The second-order valence-electron chi connectivity index (χ2n) is 5.49. The van der Waals surface area contributed by atoms with Crippen molar-refractivity contribution in [2.24, 2.45) is 0 Å². The van der Waals surface area contributed by atoms with Gasteiger partial charge in [-0.1, -0.05) is 31.5 Å². The van der Waals surface area contributed by atoms with Crippen LogP contribution in [-0.2, 0) is 0 Å². The van der Waals surface area contributed by atoms with E-state index in [1.165, 1.54) is 25.7 Å². The number of hydrogen-bond donors (Lipinski definition) is 1. The quantitative estimate of drug-likeness (QED) is 0.652. The van der Waals surface area contributed by atoms with Crippen LogP contribution in [0.15, 0.2) is 24.3 Å². The second kappa shape index (κ2) is 9.89. The lowest BCUT2D eigenvalue weighted by Crippen LogP contribution is -2.24. The van der Waals surface area contributed by atoms with Crippen LogP contribution in [0.3, 0.4) is 0 Å². The van der Waals surface area contributed by atoms with Gasteiger partial charge in [0.1, 0.15) is 5.82 Å². The van der Waals surface area contributed by atoms with Crippen LogP contribution < -0.4 is 5.32 Å². The monoisotopic (exact) mass is 280 g/mol. The van der Waals surface area contributed by atoms with Gasteiger partial charge < -0.3 is 5.32 Å². The normalized spacial score (nSPS) is 12.8. The van der Waals surface area contributed by atoms with Crippen LogP contribution >= 0.6 is 0 Å². The second-order valence-corrected chi connectivity index (χ2v) is 5.49. The molecule has 1 atom stereocenters. The van der Waals surface area contributed by atoms with E-state index in [0.717, 1.165) is 25.2 Å². The Kier molecular flexibility index (Phi) is 8.47. The first kappa shape index (κ1) is 17.1. The highest BCUT2D eigenvalue weighted by Crippen LogP contribution is 2.21. The number of halogens is 1. The molecule has 1 aromatic rings. The van der Waals surface area contributed by atoms with E-state index < -0.39 is 0 Å². The summed E-state index contributed by atoms with van der Waals surface area (Å²) < 4.78 is 13.7. The van der Waals surface area contributed by atoms with Crippen molar-refractivity contribution in [2.45, 2.75) is 45.6 Å². The Bertz CT molecular complexity index is 368. The van der Waals surface area contributed by atoms with Crippen molar-refractivity contribution in [3.63, 3.8) is 0 Å². The van der Waals surface area contributed by atoms with Gasteiger partial charge in [0.05, 0.1) is 0 Å². The van der Waals surface area contributed by atoms with Gasteiger partial charge in [0.25, 0.3) is 0 Å². The largest absolute Gasteiger partial charge is 0.317 e. The fourth-order valence-corrected chi connectivity index (χ4v) is 2.33. The SMILES string of the molecule is CCCNCCCCCN(C)C(C)c1ccccc1F. The highest BCUT2D eigenvalue weighted by atomic mass is 19.1. The Balaban J connectivity index is 2.22. The molecule has 0 amide bonds. The molecule has 0 aliphatic rings. The average molecular weight is 280 g/mol. The van der Waals surface area contributed by atoms with E-state index in [1.54, 1.807) is 12.1 Å². The molecule has 2 nitrogen and oxygen atoms in total. The molecular weight excluding hydrogens is 251 g/mol. The zero-order chi connectivity index (χ0) is 14.8. The lowest BCUT2D eigenvalue weighted by atomic mass is 10.1. The van der Waals surface area contributed by atoms with Gasteiger partial charge in [0, 0.05) is 11.6 Å². The summed E-state index contributed by atoms with van der Waals surface area (Å²) >= 11 is 0. The highest BCUT2D eigenvalue weighted by Gasteiger charge is 2.14. The first-order chi connectivity index (χ1) is 9.66.